The first kappa shape index (κ1) is 89.0. The number of halogens is 8. The smallest absolute Gasteiger partial charge is 0.404 e. The van der Waals surface area contributed by atoms with Crippen LogP contribution in [0.4, 0.5) is 17.6 Å². The molecule has 1 amide bonds. The van der Waals surface area contributed by atoms with Gasteiger partial charge < -0.3 is 109 Å². The van der Waals surface area contributed by atoms with E-state index in [2.05, 4.69) is 11.9 Å². The third-order valence-electron chi connectivity index (χ3n) is 18.9. The number of fused-ring (bicyclic) bond motifs is 4. The lowest BCUT2D eigenvalue weighted by Gasteiger charge is -2.34. The van der Waals surface area contributed by atoms with Crippen molar-refractivity contribution in [1.29, 1.82) is 0 Å². The Hall–Kier alpha value is -8.29. The number of aromatic nitrogens is 6. The van der Waals surface area contributed by atoms with Crippen LogP contribution in [0.2, 0.25) is 20.1 Å². The van der Waals surface area contributed by atoms with E-state index in [0.29, 0.717) is 62.6 Å². The van der Waals surface area contributed by atoms with Crippen LogP contribution in [-0.2, 0) is 124 Å². The molecule has 9 aliphatic rings. The second kappa shape index (κ2) is 38.1. The molecule has 3 aromatic heterocycles. The van der Waals surface area contributed by atoms with E-state index >= 15 is 17.6 Å². The molecule has 16 rings (SSSR count). The number of aromatic amines is 3. The molecule has 0 bridgehead atoms. The second-order valence-electron chi connectivity index (χ2n) is 27.6. The first-order valence-corrected chi connectivity index (χ1v) is 43.3. The summed E-state index contributed by atoms with van der Waals surface area (Å²) in [7, 11) is -18.4. The van der Waals surface area contributed by atoms with Crippen molar-refractivity contribution in [1.82, 2.24) is 38.9 Å². The van der Waals surface area contributed by atoms with Crippen LogP contribution in [-0.4, -0.2) is 212 Å². The molecule has 47 nitrogen and oxygen atoms in total. The molecule has 9 aliphatic heterocycles. The van der Waals surface area contributed by atoms with Crippen molar-refractivity contribution in [3.63, 3.8) is 0 Å². The summed E-state index contributed by atoms with van der Waals surface area (Å²) in [6.07, 6.45) is -26.1. The van der Waals surface area contributed by atoms with Crippen molar-refractivity contribution in [2.24, 2.45) is 0 Å². The van der Waals surface area contributed by atoms with Crippen LogP contribution in [0.5, 0.6) is 23.0 Å². The van der Waals surface area contributed by atoms with Crippen LogP contribution in [0.1, 0.15) is 65.8 Å². The summed E-state index contributed by atoms with van der Waals surface area (Å²) in [6, 6.07) is 17.0. The van der Waals surface area contributed by atoms with Gasteiger partial charge in [-0.1, -0.05) is 53.0 Å². The summed E-state index contributed by atoms with van der Waals surface area (Å²) in [6.45, 7) is -11.2. The maximum atomic E-state index is 15.9. The normalized spacial score (nSPS) is 34.6. The zero-order chi connectivity index (χ0) is 98.5. The number of aliphatic hydroxyl groups is 12. The predicted octanol–water partition coefficient (Wildman–Crippen LogP) is 1.89. The molecule has 4 saturated heterocycles. The zero-order valence-corrected chi connectivity index (χ0v) is 70.4. The number of hydrogen-bond acceptors (Lipinski definition) is 40. The van der Waals surface area contributed by atoms with E-state index in [0.717, 1.165) is 18.6 Å². The molecular formula is C69H70Cl4F4N8O39P4. The molecule has 4 unspecified atom stereocenters. The fourth-order valence-corrected chi connectivity index (χ4v) is 17.7. The topological polar surface area (TPSA) is 656 Å². The lowest BCUT2D eigenvalue weighted by atomic mass is 10.1. The SMILES string of the molecule is O=c1[nH]c(=O)n([C@@H]2O[C@](F)(COP3(=O)OCc4cc(Cl)ccc4O3)[C@@H](O)[C@H]2O)cc1CO.[2H]C([2H])(OP1(=O)OCc2cc(Cl)ccc2O1)[C@@]1(F)O[C@@H](n2cc(CO)c(=O)[nH]c2=O)[C@H](O)[C@@H]1O.[2H]C([2H])(OP1(=O)OCc2cc(Cl)ccc2O1)[C@@]1(F)O[C@@]([2H])(N2C=C(CO)C(=O)NC2=C)[C@H](O)[C@@H]1O.[2H][C@@]1(n2cc(CO)c(=O)[nH]c2=O)O[C@](F)(COP2(=O)OCc3cc(Cl)ccc3O2)[C@@H](O)[C@H]1O. The van der Waals surface area contributed by atoms with Gasteiger partial charge in [-0.3, -0.25) is 84.0 Å². The monoisotopic (exact) mass is 1980 g/mol. The Morgan fingerprint density at radius 1 is 0.445 bits per heavy atom. The number of carbonyl (C=O) groups excluding carboxylic acids is 1. The first-order valence-electron chi connectivity index (χ1n) is 39.0. The predicted molar refractivity (Wildman–Crippen MR) is 416 cm³/mol. The average molecular weight is 1980 g/mol. The molecule has 59 heteroatoms. The maximum absolute atomic E-state index is 15.9. The van der Waals surface area contributed by atoms with Gasteiger partial charge in [-0.05, 0) is 72.8 Å². The molecular weight excluding hydrogens is 1910 g/mol. The number of phosphoric ester groups is 4. The van der Waals surface area contributed by atoms with E-state index in [1.165, 1.54) is 72.8 Å². The number of alkyl halides is 4. The third-order valence-corrected chi connectivity index (χ3v) is 24.8. The van der Waals surface area contributed by atoms with E-state index in [-0.39, 0.29) is 57.5 Å². The van der Waals surface area contributed by atoms with Crippen molar-refractivity contribution in [2.75, 3.05) is 32.9 Å². The van der Waals surface area contributed by atoms with Gasteiger partial charge in [-0.15, -0.1) is 0 Å². The molecule has 0 radical (unpaired) electrons. The van der Waals surface area contributed by atoms with Crippen LogP contribution in [0.25, 0.3) is 0 Å². The number of phosphoric acid groups is 4. The number of benzene rings is 4. The van der Waals surface area contributed by atoms with Gasteiger partial charge in [0, 0.05) is 67.1 Å². The third kappa shape index (κ3) is 20.5. The van der Waals surface area contributed by atoms with E-state index in [1.807, 2.05) is 4.98 Å². The van der Waals surface area contributed by atoms with Gasteiger partial charge in [0.1, 0.15) is 104 Å². The highest BCUT2D eigenvalue weighted by molar-refractivity contribution is 7.49. The van der Waals surface area contributed by atoms with Crippen LogP contribution in [0.3, 0.4) is 0 Å². The molecule has 7 aromatic rings. The fraction of sp³-hybridized carbons (Fsp3) is 0.406. The van der Waals surface area contributed by atoms with E-state index in [4.69, 9.17) is 128 Å². The van der Waals surface area contributed by atoms with Crippen LogP contribution in [0, 0.1) is 0 Å². The van der Waals surface area contributed by atoms with Crippen molar-refractivity contribution in [2.45, 2.75) is 143 Å². The average Bonchev–Trinajstić information content (AvgIpc) is 1.55. The number of nitrogens with one attached hydrogen (secondary N) is 4. The molecule has 4 aromatic carbocycles. The van der Waals surface area contributed by atoms with Gasteiger partial charge in [0.2, 0.25) is 0 Å². The summed E-state index contributed by atoms with van der Waals surface area (Å²) in [5.74, 6) is -15.5. The van der Waals surface area contributed by atoms with E-state index in [1.54, 1.807) is 9.97 Å². The second-order valence-corrected chi connectivity index (χ2v) is 35.6. The number of aliphatic hydroxyl groups excluding tert-OH is 12. The maximum Gasteiger partial charge on any atom is 0.530 e. The quantitative estimate of drug-likeness (QED) is 0.0383. The highest BCUT2D eigenvalue weighted by Gasteiger charge is 2.63. The Morgan fingerprint density at radius 2 is 0.750 bits per heavy atom. The Balaban J connectivity index is 0.000000152. The molecule has 16 N–H and O–H groups in total. The largest absolute Gasteiger partial charge is 0.530 e. The molecule has 0 aliphatic carbocycles. The van der Waals surface area contributed by atoms with Gasteiger partial charge in [0.05, 0.1) is 83.3 Å². The van der Waals surface area contributed by atoms with Crippen LogP contribution in [0.15, 0.2) is 144 Å². The Bertz CT molecular complexity index is 6430. The van der Waals surface area contributed by atoms with Crippen LogP contribution >= 0.6 is 77.7 Å². The number of rotatable bonds is 20. The molecule has 696 valence electrons. The van der Waals surface area contributed by atoms with Gasteiger partial charge in [-0.25, -0.2) is 50.2 Å². The van der Waals surface area contributed by atoms with Crippen molar-refractivity contribution < 1.29 is 183 Å². The summed E-state index contributed by atoms with van der Waals surface area (Å²) in [4.78, 5) is 89.0. The minimum Gasteiger partial charge on any atom is -0.404 e. The van der Waals surface area contributed by atoms with Crippen molar-refractivity contribution in [3.8, 4) is 23.0 Å². The minimum absolute atomic E-state index is 0.0372. The van der Waals surface area contributed by atoms with Crippen molar-refractivity contribution in [3.05, 3.63) is 237 Å². The number of hydrogen-bond donors (Lipinski definition) is 16. The highest BCUT2D eigenvalue weighted by atomic mass is 35.5. The van der Waals surface area contributed by atoms with Gasteiger partial charge >= 0.3 is 48.4 Å². The fourth-order valence-electron chi connectivity index (χ4n) is 12.2. The van der Waals surface area contributed by atoms with Crippen LogP contribution < -0.4 is 57.2 Å². The summed E-state index contributed by atoms with van der Waals surface area (Å²) in [5.41, 5.74) is -6.17. The van der Waals surface area contributed by atoms with E-state index in [9.17, 15) is 113 Å². The Morgan fingerprint density at radius 3 is 1.12 bits per heavy atom. The number of carbonyl (C=O) groups is 1. The summed E-state index contributed by atoms with van der Waals surface area (Å²) >= 11 is 23.4. The lowest BCUT2D eigenvalue weighted by molar-refractivity contribution is -0.208. The summed E-state index contributed by atoms with van der Waals surface area (Å²) in [5, 5.41) is 123. The lowest BCUT2D eigenvalue weighted by Crippen LogP contribution is -2.48. The highest BCUT2D eigenvalue weighted by Crippen LogP contribution is 2.60. The molecule has 4 fully saturated rings. The Kier molecular flexibility index (Phi) is 26.5. The Labute approximate surface area is 739 Å². The van der Waals surface area contributed by atoms with Crippen molar-refractivity contribution >= 4 is 83.6 Å². The molecule has 20 atom stereocenters. The van der Waals surface area contributed by atoms with Gasteiger partial charge in [-0.2, -0.15) is 0 Å². The van der Waals surface area contributed by atoms with Gasteiger partial charge in [0.25, 0.3) is 46.0 Å². The van der Waals surface area contributed by atoms with Gasteiger partial charge in [0.15, 0.2) is 24.9 Å². The first-order chi connectivity index (χ1) is 62.4. The standard InChI is InChI=1S/C18H19ClFN2O9P.3C17H17ClFN2O10P/c1-9-21-16(26)11(6-23)5-22(9)17-14(24)15(25)18(20,30-17)8-29-32(27)28-7-10-4-12(19)2-3-13(10)31-32;3*18-10-1-2-11-8(3-10)6-28-32(27,31-11)29-7-17(19)13(24)12(23)15(30-17)21-4-9(5-22)14(25)20-16(21)26/h2-5,14-15,17,23-25H,1,6-8H2,(H,21,26);3*1-4,12-13,15,22-24H,5-7H2,(H,20,25,26)/t14-,15+,17-,18-,32?;3*12-,13+,15-,17-,32?/m1111/s1/i8D2,17D;15D;7D2;. The molecule has 0 saturated carbocycles. The summed E-state index contributed by atoms with van der Waals surface area (Å²) < 4.78 is 243. The number of ether oxygens (including phenoxy) is 4. The zero-order valence-electron chi connectivity index (χ0n) is 69.8. The number of H-pyrrole nitrogens is 3. The number of nitrogens with zero attached hydrogens (tertiary/aromatic N) is 4. The number of amides is 1. The molecule has 12 heterocycles. The minimum atomic E-state index is -4.86. The van der Waals surface area contributed by atoms with E-state index < -0.39 is 245 Å². The molecule has 0 spiro atoms. The molecule has 128 heavy (non-hydrogen) atoms.